The van der Waals surface area contributed by atoms with Gasteiger partial charge in [-0.3, -0.25) is 14.5 Å². The first-order chi connectivity index (χ1) is 24.3. The van der Waals surface area contributed by atoms with E-state index < -0.39 is 10.7 Å². The van der Waals surface area contributed by atoms with Crippen molar-refractivity contribution < 1.29 is 29.0 Å². The maximum atomic E-state index is 13.7. The Morgan fingerprint density at radius 2 is 2.04 bits per heavy atom. The maximum absolute atomic E-state index is 13.7. The number of thiophene rings is 1. The van der Waals surface area contributed by atoms with Crippen LogP contribution in [0.25, 0.3) is 10.2 Å². The molecule has 7 rings (SSSR count). The lowest BCUT2D eigenvalue weighted by Gasteiger charge is -2.32. The largest absolute Gasteiger partial charge is 0.457 e. The summed E-state index contributed by atoms with van der Waals surface area (Å²) in [7, 11) is -0.703. The number of carbonyl (C=O) groups excluding carboxylic acids is 3. The summed E-state index contributed by atoms with van der Waals surface area (Å²) in [4.78, 5) is 50.8. The van der Waals surface area contributed by atoms with Gasteiger partial charge in [0.15, 0.2) is 0 Å². The number of rotatable bonds is 11. The van der Waals surface area contributed by atoms with Crippen LogP contribution in [0.3, 0.4) is 0 Å². The molecule has 262 valence electrons. The Hall–Kier alpha value is -4.34. The number of ether oxygens (including phenoxy) is 2. The molecule has 2 saturated heterocycles. The Morgan fingerprint density at radius 3 is 2.84 bits per heavy atom. The van der Waals surface area contributed by atoms with Crippen molar-refractivity contribution in [2.75, 3.05) is 55.6 Å². The van der Waals surface area contributed by atoms with Crippen molar-refractivity contribution in [2.24, 2.45) is 5.92 Å². The highest BCUT2D eigenvalue weighted by atomic mass is 32.2. The smallest absolute Gasteiger partial charge is 0.336 e. The summed E-state index contributed by atoms with van der Waals surface area (Å²) in [5.74, 6) is 1.40. The molecule has 0 radical (unpaired) electrons. The Bertz CT molecular complexity index is 1920. The first-order valence-electron chi connectivity index (χ1n) is 16.7. The first-order valence-corrected chi connectivity index (χ1v) is 18.8. The predicted octanol–water partition coefficient (Wildman–Crippen LogP) is 4.73. The number of anilines is 2. The number of hydrogen-bond acceptors (Lipinski definition) is 9. The van der Waals surface area contributed by atoms with Crippen molar-refractivity contribution in [3.8, 4) is 5.75 Å². The number of aromatic nitrogens is 1. The zero-order valence-electron chi connectivity index (χ0n) is 27.9. The van der Waals surface area contributed by atoms with E-state index in [1.807, 2.05) is 66.9 Å². The van der Waals surface area contributed by atoms with E-state index >= 15 is 0 Å². The fourth-order valence-corrected chi connectivity index (χ4v) is 9.43. The Morgan fingerprint density at radius 1 is 1.20 bits per heavy atom. The van der Waals surface area contributed by atoms with Crippen molar-refractivity contribution in [2.45, 2.75) is 32.4 Å². The molecule has 50 heavy (non-hydrogen) atoms. The van der Waals surface area contributed by atoms with Crippen LogP contribution in [0.15, 0.2) is 77.6 Å². The standard InChI is InChI=1S/C36H40N6O6S2/c1-23-20-40(22-29(23)47-17-16-43)14-6-9-30(44)41-15-11-25(21-41)38-34(45)33-32-31-28(10-13-37-35(31)49-33)42(36(46)39-32)50-18-12-27(19-24(50)2)48-26-7-4-3-5-8-26/h3-10,12-13,18-19,23,25,29,43H,11,14-17,20-22H2,1-2H3,(H,38,45)(H,39,46)/b9-6+/t23-,25-,29+,50?/m1/s1. The van der Waals surface area contributed by atoms with Gasteiger partial charge in [0.1, 0.15) is 21.2 Å². The Labute approximate surface area is 297 Å². The van der Waals surface area contributed by atoms with Gasteiger partial charge in [-0.1, -0.05) is 41.9 Å². The van der Waals surface area contributed by atoms with Crippen LogP contribution in [-0.4, -0.2) is 101 Å². The van der Waals surface area contributed by atoms with Gasteiger partial charge in [-0.2, -0.15) is 0 Å². The van der Waals surface area contributed by atoms with Crippen molar-refractivity contribution in [1.82, 2.24) is 20.1 Å². The molecular weight excluding hydrogens is 677 g/mol. The second kappa shape index (κ2) is 14.9. The topological polar surface area (TPSA) is 137 Å². The highest BCUT2D eigenvalue weighted by Gasteiger charge is 2.35. The summed E-state index contributed by atoms with van der Waals surface area (Å²) < 4.78 is 13.4. The van der Waals surface area contributed by atoms with Gasteiger partial charge in [0.05, 0.1) is 36.1 Å². The number of nitrogens with zero attached hydrogens (tertiary/aromatic N) is 4. The lowest BCUT2D eigenvalue weighted by molar-refractivity contribution is -0.125. The maximum Gasteiger partial charge on any atom is 0.336 e. The Balaban J connectivity index is 0.995. The number of aliphatic hydroxyl groups excluding tert-OH is 1. The molecule has 0 spiro atoms. The molecule has 0 bridgehead atoms. The highest BCUT2D eigenvalue weighted by Crippen LogP contribution is 2.48. The number of aliphatic hydroxyl groups is 1. The van der Waals surface area contributed by atoms with Gasteiger partial charge in [-0.15, -0.1) is 11.3 Å². The fraction of sp³-hybridized carbons (Fsp3) is 0.361. The van der Waals surface area contributed by atoms with E-state index in [4.69, 9.17) is 14.6 Å². The van der Waals surface area contributed by atoms with Gasteiger partial charge in [0.25, 0.3) is 5.91 Å². The minimum Gasteiger partial charge on any atom is -0.457 e. The quantitative estimate of drug-likeness (QED) is 0.192. The second-order valence-corrected chi connectivity index (χ2v) is 15.6. The third kappa shape index (κ3) is 7.12. The van der Waals surface area contributed by atoms with Crippen molar-refractivity contribution in [3.05, 3.63) is 82.4 Å². The van der Waals surface area contributed by atoms with E-state index in [0.717, 1.165) is 29.1 Å². The summed E-state index contributed by atoms with van der Waals surface area (Å²) in [5.41, 5.74) is 1.16. The van der Waals surface area contributed by atoms with E-state index in [-0.39, 0.29) is 36.6 Å². The molecular formula is C36H40N6O6S2. The number of para-hydroxylation sites is 1. The lowest BCUT2D eigenvalue weighted by atomic mass is 10.1. The van der Waals surface area contributed by atoms with Crippen LogP contribution < -0.4 is 19.7 Å². The van der Waals surface area contributed by atoms with E-state index in [0.29, 0.717) is 65.4 Å². The van der Waals surface area contributed by atoms with Gasteiger partial charge >= 0.3 is 6.03 Å². The van der Waals surface area contributed by atoms with Crippen LogP contribution in [0, 0.1) is 5.92 Å². The zero-order chi connectivity index (χ0) is 34.8. The first kappa shape index (κ1) is 34.1. The van der Waals surface area contributed by atoms with Crippen LogP contribution in [0.1, 0.15) is 29.9 Å². The lowest BCUT2D eigenvalue weighted by Crippen LogP contribution is -2.39. The molecule has 0 saturated carbocycles. The molecule has 4 aliphatic rings. The molecule has 3 aromatic rings. The number of pyridine rings is 1. The zero-order valence-corrected chi connectivity index (χ0v) is 29.5. The van der Waals surface area contributed by atoms with Crippen molar-refractivity contribution in [1.29, 1.82) is 0 Å². The molecule has 4 atom stereocenters. The molecule has 4 amide bonds. The number of allylic oxidation sites excluding steroid dienone is 3. The SMILES string of the molecule is CC1=CC(Oc2ccccc2)=CC=S1N1C(=O)Nc2c(C(=O)N[C@@H]3CCN(C(=O)/C=C/CN4C[C@@H](C)[C@@H](OCCO)C4)C3)sc3nccc1c23. The average molecular weight is 717 g/mol. The number of hydrogen-bond donors (Lipinski definition) is 3. The number of carbonyl (C=O) groups is 3. The molecule has 0 aliphatic carbocycles. The molecule has 14 heteroatoms. The summed E-state index contributed by atoms with van der Waals surface area (Å²) >= 11 is 1.25. The highest BCUT2D eigenvalue weighted by molar-refractivity contribution is 8.20. The average Bonchev–Trinajstić information content (AvgIpc) is 3.82. The van der Waals surface area contributed by atoms with Crippen molar-refractivity contribution >= 4 is 66.8 Å². The molecule has 6 heterocycles. The molecule has 1 aromatic carbocycles. The molecule has 3 N–H and O–H groups in total. The van der Waals surface area contributed by atoms with Crippen LogP contribution in [0.4, 0.5) is 16.2 Å². The van der Waals surface area contributed by atoms with Crippen molar-refractivity contribution in [3.63, 3.8) is 0 Å². The number of likely N-dealkylation sites (tertiary alicyclic amines) is 2. The summed E-state index contributed by atoms with van der Waals surface area (Å²) in [6.07, 6.45) is 9.69. The third-order valence-electron chi connectivity index (χ3n) is 9.13. The number of benzene rings is 1. The Kier molecular flexibility index (Phi) is 10.1. The van der Waals surface area contributed by atoms with Crippen LogP contribution in [0.5, 0.6) is 5.75 Å². The van der Waals surface area contributed by atoms with Gasteiger partial charge in [0, 0.05) is 51.0 Å². The van der Waals surface area contributed by atoms with E-state index in [1.165, 1.54) is 11.3 Å². The molecule has 12 nitrogen and oxygen atoms in total. The summed E-state index contributed by atoms with van der Waals surface area (Å²) in [5, 5.41) is 17.8. The summed E-state index contributed by atoms with van der Waals surface area (Å²) in [6, 6.07) is 10.8. The van der Waals surface area contributed by atoms with E-state index in [9.17, 15) is 14.4 Å². The van der Waals surface area contributed by atoms with Crippen LogP contribution in [-0.2, 0) is 9.53 Å². The monoisotopic (exact) mass is 716 g/mol. The van der Waals surface area contributed by atoms with E-state index in [2.05, 4.69) is 27.4 Å². The summed E-state index contributed by atoms with van der Waals surface area (Å²) in [6.45, 7) is 7.69. The minimum absolute atomic E-state index is 0.0109. The van der Waals surface area contributed by atoms with Gasteiger partial charge in [0.2, 0.25) is 5.91 Å². The molecule has 2 fully saturated rings. The van der Waals surface area contributed by atoms with Gasteiger partial charge in [-0.25, -0.2) is 14.1 Å². The number of nitrogens with one attached hydrogen (secondary N) is 2. The number of urea groups is 1. The predicted molar refractivity (Wildman–Crippen MR) is 198 cm³/mol. The molecule has 2 aromatic heterocycles. The normalized spacial score (nSPS) is 23.5. The minimum atomic E-state index is -0.703. The van der Waals surface area contributed by atoms with Gasteiger partial charge < -0.3 is 30.1 Å². The second-order valence-electron chi connectivity index (χ2n) is 12.7. The fourth-order valence-electron chi connectivity index (χ4n) is 6.70. The van der Waals surface area contributed by atoms with Crippen LogP contribution in [0.2, 0.25) is 0 Å². The molecule has 1 unspecified atom stereocenters. The van der Waals surface area contributed by atoms with Gasteiger partial charge in [-0.05, 0) is 59.9 Å². The number of amides is 4. The third-order valence-corrected chi connectivity index (χ3v) is 12.1. The van der Waals surface area contributed by atoms with E-state index in [1.54, 1.807) is 21.5 Å². The molecule has 4 aliphatic heterocycles. The van der Waals surface area contributed by atoms with Crippen LogP contribution >= 0.6 is 22.0 Å².